The van der Waals surface area contributed by atoms with Gasteiger partial charge in [0, 0.05) is 18.3 Å². The number of aromatic nitrogens is 1. The van der Waals surface area contributed by atoms with Crippen molar-refractivity contribution in [2.24, 2.45) is 0 Å². The van der Waals surface area contributed by atoms with Crippen molar-refractivity contribution in [3.8, 4) is 17.4 Å². The second-order valence-electron chi connectivity index (χ2n) is 8.43. The summed E-state index contributed by atoms with van der Waals surface area (Å²) >= 11 is 0. The molecule has 0 saturated carbocycles. The lowest BCUT2D eigenvalue weighted by atomic mass is 10.1. The first-order valence-electron chi connectivity index (χ1n) is 11.6. The highest BCUT2D eigenvalue weighted by Crippen LogP contribution is 2.32. The molecule has 6 nitrogen and oxygen atoms in total. The standard InChI is InChI=1S/C25H33N3O3/c29-24(20-27-15-6-3-7-16-27)28-17-8-1-2-9-18-30-22-12-4-5-13-23(22)31-25-21(19-28)11-10-14-26-25/h4-5,10-14H,1-3,6-9,15-20H2. The lowest BCUT2D eigenvalue weighted by Gasteiger charge is -2.30. The van der Waals surface area contributed by atoms with Crippen LogP contribution in [0.25, 0.3) is 0 Å². The van der Waals surface area contributed by atoms with Gasteiger partial charge < -0.3 is 14.4 Å². The first kappa shape index (κ1) is 21.6. The van der Waals surface area contributed by atoms with E-state index in [0.717, 1.165) is 56.6 Å². The molecule has 3 heterocycles. The van der Waals surface area contributed by atoms with Crippen LogP contribution in [0.4, 0.5) is 0 Å². The van der Waals surface area contributed by atoms with Crippen LogP contribution in [0.2, 0.25) is 0 Å². The molecule has 2 aliphatic rings. The maximum absolute atomic E-state index is 13.2. The van der Waals surface area contributed by atoms with E-state index in [1.807, 2.05) is 41.3 Å². The second kappa shape index (κ2) is 11.1. The van der Waals surface area contributed by atoms with Gasteiger partial charge in [-0.1, -0.05) is 37.5 Å². The molecule has 1 amide bonds. The van der Waals surface area contributed by atoms with E-state index in [2.05, 4.69) is 9.88 Å². The third kappa shape index (κ3) is 6.20. The number of para-hydroxylation sites is 2. The largest absolute Gasteiger partial charge is 0.490 e. The van der Waals surface area contributed by atoms with Crippen LogP contribution in [-0.4, -0.2) is 53.5 Å². The third-order valence-corrected chi connectivity index (χ3v) is 6.01. The van der Waals surface area contributed by atoms with E-state index in [9.17, 15) is 4.79 Å². The minimum atomic E-state index is 0.201. The number of carbonyl (C=O) groups excluding carboxylic acids is 1. The van der Waals surface area contributed by atoms with Gasteiger partial charge in [0.15, 0.2) is 11.5 Å². The van der Waals surface area contributed by atoms with Gasteiger partial charge >= 0.3 is 0 Å². The second-order valence-corrected chi connectivity index (χ2v) is 8.43. The van der Waals surface area contributed by atoms with E-state index in [0.29, 0.717) is 31.3 Å². The Morgan fingerprint density at radius 1 is 0.871 bits per heavy atom. The van der Waals surface area contributed by atoms with Gasteiger partial charge in [0.2, 0.25) is 11.8 Å². The fourth-order valence-electron chi connectivity index (χ4n) is 4.24. The molecule has 6 heteroatoms. The molecule has 0 unspecified atom stereocenters. The number of nitrogens with zero attached hydrogens (tertiary/aromatic N) is 3. The van der Waals surface area contributed by atoms with Crippen LogP contribution in [0.15, 0.2) is 42.6 Å². The number of hydrogen-bond acceptors (Lipinski definition) is 5. The summed E-state index contributed by atoms with van der Waals surface area (Å²) in [4.78, 5) is 22.0. The van der Waals surface area contributed by atoms with Crippen LogP contribution in [0.5, 0.6) is 17.4 Å². The Kier molecular flexibility index (Phi) is 7.77. The van der Waals surface area contributed by atoms with E-state index in [-0.39, 0.29) is 5.91 Å². The predicted molar refractivity (Wildman–Crippen MR) is 120 cm³/mol. The summed E-state index contributed by atoms with van der Waals surface area (Å²) in [6, 6.07) is 11.6. The Morgan fingerprint density at radius 3 is 2.48 bits per heavy atom. The molecule has 31 heavy (non-hydrogen) atoms. The molecular weight excluding hydrogens is 390 g/mol. The lowest BCUT2D eigenvalue weighted by Crippen LogP contribution is -2.42. The molecule has 1 aromatic heterocycles. The van der Waals surface area contributed by atoms with Crippen LogP contribution < -0.4 is 9.47 Å². The maximum atomic E-state index is 13.2. The van der Waals surface area contributed by atoms with Crippen LogP contribution >= 0.6 is 0 Å². The molecule has 0 spiro atoms. The van der Waals surface area contributed by atoms with Gasteiger partial charge in [-0.15, -0.1) is 0 Å². The minimum Gasteiger partial charge on any atom is -0.490 e. The molecular formula is C25H33N3O3. The van der Waals surface area contributed by atoms with Crippen LogP contribution in [0.3, 0.4) is 0 Å². The SMILES string of the molecule is O=C(CN1CCCCC1)N1CCCCCCOc2ccccc2Oc2ncccc2C1. The van der Waals surface area contributed by atoms with Crippen molar-refractivity contribution in [1.29, 1.82) is 0 Å². The van der Waals surface area contributed by atoms with Crippen molar-refractivity contribution in [3.63, 3.8) is 0 Å². The Morgan fingerprint density at radius 2 is 1.61 bits per heavy atom. The fourth-order valence-corrected chi connectivity index (χ4v) is 4.24. The minimum absolute atomic E-state index is 0.201. The van der Waals surface area contributed by atoms with Gasteiger partial charge in [0.25, 0.3) is 0 Å². The van der Waals surface area contributed by atoms with E-state index in [1.165, 1.54) is 19.3 Å². The molecule has 0 radical (unpaired) electrons. The fraction of sp³-hybridized carbons (Fsp3) is 0.520. The van der Waals surface area contributed by atoms with Crippen molar-refractivity contribution < 1.29 is 14.3 Å². The molecule has 0 atom stereocenters. The first-order valence-corrected chi connectivity index (χ1v) is 11.6. The maximum Gasteiger partial charge on any atom is 0.237 e. The van der Waals surface area contributed by atoms with Crippen molar-refractivity contribution in [2.45, 2.75) is 51.5 Å². The number of amides is 1. The normalized spacial score (nSPS) is 18.6. The van der Waals surface area contributed by atoms with Crippen molar-refractivity contribution in [3.05, 3.63) is 48.2 Å². The molecule has 0 aliphatic carbocycles. The molecule has 1 saturated heterocycles. The average molecular weight is 424 g/mol. The van der Waals surface area contributed by atoms with Gasteiger partial charge in [-0.3, -0.25) is 9.69 Å². The number of piperidine rings is 1. The Labute approximate surface area is 185 Å². The topological polar surface area (TPSA) is 54.9 Å². The zero-order chi connectivity index (χ0) is 21.3. The number of ether oxygens (including phenoxy) is 2. The zero-order valence-corrected chi connectivity index (χ0v) is 18.3. The average Bonchev–Trinajstić information content (AvgIpc) is 2.80. The van der Waals surface area contributed by atoms with Gasteiger partial charge in [-0.25, -0.2) is 4.98 Å². The van der Waals surface area contributed by atoms with Crippen molar-refractivity contribution in [1.82, 2.24) is 14.8 Å². The number of pyridine rings is 1. The molecule has 0 bridgehead atoms. The van der Waals surface area contributed by atoms with Crippen LogP contribution in [-0.2, 0) is 11.3 Å². The van der Waals surface area contributed by atoms with Gasteiger partial charge in [-0.05, 0) is 57.0 Å². The highest BCUT2D eigenvalue weighted by atomic mass is 16.5. The monoisotopic (exact) mass is 423 g/mol. The lowest BCUT2D eigenvalue weighted by molar-refractivity contribution is -0.133. The van der Waals surface area contributed by atoms with E-state index < -0.39 is 0 Å². The van der Waals surface area contributed by atoms with E-state index in [1.54, 1.807) is 6.20 Å². The van der Waals surface area contributed by atoms with Crippen LogP contribution in [0, 0.1) is 0 Å². The summed E-state index contributed by atoms with van der Waals surface area (Å²) in [5.74, 6) is 2.12. The zero-order valence-electron chi connectivity index (χ0n) is 18.3. The predicted octanol–water partition coefficient (Wildman–Crippen LogP) is 4.64. The number of carbonyl (C=O) groups is 1. The number of fused-ring (bicyclic) bond motifs is 2. The number of likely N-dealkylation sites (tertiary alicyclic amines) is 1. The van der Waals surface area contributed by atoms with Gasteiger partial charge in [0.1, 0.15) is 0 Å². The van der Waals surface area contributed by atoms with Crippen molar-refractivity contribution in [2.75, 3.05) is 32.8 Å². The third-order valence-electron chi connectivity index (χ3n) is 6.01. The van der Waals surface area contributed by atoms with E-state index in [4.69, 9.17) is 9.47 Å². The molecule has 1 aromatic carbocycles. The summed E-state index contributed by atoms with van der Waals surface area (Å²) in [6.45, 7) is 4.49. The first-order chi connectivity index (χ1) is 15.3. The highest BCUT2D eigenvalue weighted by Gasteiger charge is 2.21. The molecule has 166 valence electrons. The smallest absolute Gasteiger partial charge is 0.237 e. The molecule has 4 rings (SSSR count). The quantitative estimate of drug-likeness (QED) is 0.704. The Balaban J connectivity index is 1.55. The summed E-state index contributed by atoms with van der Waals surface area (Å²) < 4.78 is 12.1. The molecule has 2 aromatic rings. The summed E-state index contributed by atoms with van der Waals surface area (Å²) in [6.07, 6.45) is 9.56. The van der Waals surface area contributed by atoms with Gasteiger partial charge in [-0.2, -0.15) is 0 Å². The highest BCUT2D eigenvalue weighted by molar-refractivity contribution is 5.78. The molecule has 2 aliphatic heterocycles. The van der Waals surface area contributed by atoms with Crippen LogP contribution in [0.1, 0.15) is 50.5 Å². The number of hydrogen-bond donors (Lipinski definition) is 0. The summed E-state index contributed by atoms with van der Waals surface area (Å²) in [5.41, 5.74) is 0.918. The van der Waals surface area contributed by atoms with E-state index >= 15 is 0 Å². The Bertz CT molecular complexity index is 851. The molecule has 1 fully saturated rings. The Hall–Kier alpha value is -2.60. The summed E-state index contributed by atoms with van der Waals surface area (Å²) in [5, 5.41) is 0. The number of benzene rings is 1. The van der Waals surface area contributed by atoms with Crippen molar-refractivity contribution >= 4 is 5.91 Å². The van der Waals surface area contributed by atoms with Gasteiger partial charge in [0.05, 0.1) is 19.7 Å². The number of rotatable bonds is 2. The molecule has 0 N–H and O–H groups in total. The summed E-state index contributed by atoms with van der Waals surface area (Å²) in [7, 11) is 0.